The molecule has 3 aromatic rings. The van der Waals surface area contributed by atoms with Crippen molar-refractivity contribution in [3.8, 4) is 0 Å². The molecule has 24 heavy (non-hydrogen) atoms. The molecule has 2 N–H and O–H groups in total. The van der Waals surface area contributed by atoms with E-state index in [-0.39, 0.29) is 18.1 Å². The first-order valence-electron chi connectivity index (χ1n) is 7.85. The van der Waals surface area contributed by atoms with Crippen molar-refractivity contribution in [1.82, 2.24) is 9.97 Å². The summed E-state index contributed by atoms with van der Waals surface area (Å²) in [7, 11) is 0. The highest BCUT2D eigenvalue weighted by Gasteiger charge is 2.15. The smallest absolute Gasteiger partial charge is 0.230 e. The van der Waals surface area contributed by atoms with E-state index in [4.69, 9.17) is 0 Å². The largest absolute Gasteiger partial charge is 0.358 e. The lowest BCUT2D eigenvalue weighted by Crippen LogP contribution is -2.14. The maximum Gasteiger partial charge on any atom is 0.230 e. The maximum atomic E-state index is 12.4. The van der Waals surface area contributed by atoms with Crippen LogP contribution in [0.2, 0.25) is 0 Å². The SMILES string of the molecule is CCc1cccc2c(CC(=O)Nc3nc(C(C)=O)cs3)c(C)[nH]c12. The third-order valence-corrected chi connectivity index (χ3v) is 4.83. The van der Waals surface area contributed by atoms with Gasteiger partial charge in [0.2, 0.25) is 5.91 Å². The number of amides is 1. The van der Waals surface area contributed by atoms with Crippen LogP contribution in [0.3, 0.4) is 0 Å². The van der Waals surface area contributed by atoms with Gasteiger partial charge in [-0.3, -0.25) is 9.59 Å². The zero-order valence-electron chi connectivity index (χ0n) is 13.9. The Hall–Kier alpha value is -2.47. The third kappa shape index (κ3) is 3.10. The first-order chi connectivity index (χ1) is 11.5. The number of anilines is 1. The van der Waals surface area contributed by atoms with E-state index in [9.17, 15) is 9.59 Å². The third-order valence-electron chi connectivity index (χ3n) is 4.07. The van der Waals surface area contributed by atoms with Crippen LogP contribution < -0.4 is 5.32 Å². The average molecular weight is 341 g/mol. The molecule has 0 radical (unpaired) electrons. The molecule has 0 aliphatic rings. The van der Waals surface area contributed by atoms with Crippen LogP contribution in [-0.4, -0.2) is 21.7 Å². The van der Waals surface area contributed by atoms with Crippen LogP contribution in [0.25, 0.3) is 10.9 Å². The zero-order chi connectivity index (χ0) is 17.3. The monoisotopic (exact) mass is 341 g/mol. The second-order valence-electron chi connectivity index (χ2n) is 5.74. The summed E-state index contributed by atoms with van der Waals surface area (Å²) in [5, 5.41) is 5.98. The van der Waals surface area contributed by atoms with Crippen molar-refractivity contribution < 1.29 is 9.59 Å². The number of ketones is 1. The van der Waals surface area contributed by atoms with E-state index in [1.165, 1.54) is 23.8 Å². The van der Waals surface area contributed by atoms with Crippen molar-refractivity contribution in [1.29, 1.82) is 0 Å². The summed E-state index contributed by atoms with van der Waals surface area (Å²) in [4.78, 5) is 31.2. The van der Waals surface area contributed by atoms with Crippen molar-refractivity contribution in [3.05, 3.63) is 46.1 Å². The van der Waals surface area contributed by atoms with Gasteiger partial charge in [0, 0.05) is 28.9 Å². The van der Waals surface area contributed by atoms with Crippen molar-refractivity contribution in [2.45, 2.75) is 33.6 Å². The number of nitrogens with one attached hydrogen (secondary N) is 2. The number of carbonyl (C=O) groups excluding carboxylic acids is 2. The summed E-state index contributed by atoms with van der Waals surface area (Å²) < 4.78 is 0. The van der Waals surface area contributed by atoms with Gasteiger partial charge in [0.1, 0.15) is 5.69 Å². The second-order valence-corrected chi connectivity index (χ2v) is 6.60. The summed E-state index contributed by atoms with van der Waals surface area (Å²) in [6, 6.07) is 6.16. The molecule has 6 heteroatoms. The van der Waals surface area contributed by atoms with E-state index < -0.39 is 0 Å². The van der Waals surface area contributed by atoms with Gasteiger partial charge >= 0.3 is 0 Å². The minimum Gasteiger partial charge on any atom is -0.358 e. The number of carbonyl (C=O) groups is 2. The van der Waals surface area contributed by atoms with Gasteiger partial charge in [-0.25, -0.2) is 4.98 Å². The average Bonchev–Trinajstić information content (AvgIpc) is 3.12. The number of nitrogens with zero attached hydrogens (tertiary/aromatic N) is 1. The molecule has 3 rings (SSSR count). The number of para-hydroxylation sites is 1. The highest BCUT2D eigenvalue weighted by Crippen LogP contribution is 2.26. The number of hydrogen-bond donors (Lipinski definition) is 2. The number of aromatic nitrogens is 2. The fraction of sp³-hybridized carbons (Fsp3) is 0.278. The first-order valence-corrected chi connectivity index (χ1v) is 8.73. The fourth-order valence-electron chi connectivity index (χ4n) is 2.80. The van der Waals surface area contributed by atoms with E-state index in [1.807, 2.05) is 19.1 Å². The van der Waals surface area contributed by atoms with Gasteiger partial charge < -0.3 is 10.3 Å². The number of Topliss-reactive ketones (excluding diaryl/α,β-unsaturated/α-hetero) is 1. The van der Waals surface area contributed by atoms with Crippen LogP contribution in [0.4, 0.5) is 5.13 Å². The molecule has 1 amide bonds. The lowest BCUT2D eigenvalue weighted by atomic mass is 10.0. The summed E-state index contributed by atoms with van der Waals surface area (Å²) in [6.45, 7) is 5.56. The molecule has 0 spiro atoms. The molecule has 2 aromatic heterocycles. The molecule has 1 aromatic carbocycles. The molecule has 0 aliphatic heterocycles. The summed E-state index contributed by atoms with van der Waals surface area (Å²) in [5.41, 5.74) is 4.73. The Labute approximate surface area is 144 Å². The van der Waals surface area contributed by atoms with Crippen LogP contribution in [0.15, 0.2) is 23.6 Å². The molecule has 0 bridgehead atoms. The highest BCUT2D eigenvalue weighted by atomic mass is 32.1. The Morgan fingerprint density at radius 2 is 2.12 bits per heavy atom. The van der Waals surface area contributed by atoms with Crippen LogP contribution in [-0.2, 0) is 17.6 Å². The zero-order valence-corrected chi connectivity index (χ0v) is 14.7. The molecule has 0 saturated heterocycles. The number of rotatable bonds is 5. The van der Waals surface area contributed by atoms with Crippen molar-refractivity contribution in [2.24, 2.45) is 0 Å². The van der Waals surface area contributed by atoms with Gasteiger partial charge in [-0.1, -0.05) is 25.1 Å². The number of benzene rings is 1. The van der Waals surface area contributed by atoms with Gasteiger partial charge in [0.05, 0.1) is 6.42 Å². The van der Waals surface area contributed by atoms with Gasteiger partial charge in [0.25, 0.3) is 0 Å². The van der Waals surface area contributed by atoms with Crippen LogP contribution in [0.1, 0.15) is 41.2 Å². The van der Waals surface area contributed by atoms with E-state index in [1.54, 1.807) is 5.38 Å². The maximum absolute atomic E-state index is 12.4. The standard InChI is InChI=1S/C18H19N3O2S/c1-4-12-6-5-7-13-14(10(2)19-17(12)13)8-16(23)21-18-20-15(9-24-18)11(3)22/h5-7,9,19H,4,8H2,1-3H3,(H,20,21,23). The highest BCUT2D eigenvalue weighted by molar-refractivity contribution is 7.14. The lowest BCUT2D eigenvalue weighted by Gasteiger charge is -2.03. The summed E-state index contributed by atoms with van der Waals surface area (Å²) in [5.74, 6) is -0.239. The van der Waals surface area contributed by atoms with E-state index in [0.717, 1.165) is 28.6 Å². The fourth-order valence-corrected chi connectivity index (χ4v) is 3.57. The van der Waals surface area contributed by atoms with E-state index in [2.05, 4.69) is 28.3 Å². The lowest BCUT2D eigenvalue weighted by molar-refractivity contribution is -0.115. The number of H-pyrrole nitrogens is 1. The molecule has 5 nitrogen and oxygen atoms in total. The van der Waals surface area contributed by atoms with Gasteiger partial charge in [-0.2, -0.15) is 0 Å². The summed E-state index contributed by atoms with van der Waals surface area (Å²) in [6.07, 6.45) is 1.21. The molecule has 0 fully saturated rings. The molecule has 0 saturated carbocycles. The summed E-state index contributed by atoms with van der Waals surface area (Å²) >= 11 is 1.26. The van der Waals surface area contributed by atoms with Gasteiger partial charge in [0.15, 0.2) is 10.9 Å². The van der Waals surface area contributed by atoms with Crippen molar-refractivity contribution >= 4 is 39.1 Å². The quantitative estimate of drug-likeness (QED) is 0.692. The second kappa shape index (κ2) is 6.57. The predicted octanol–water partition coefficient (Wildman–Crippen LogP) is 3.88. The molecule has 0 unspecified atom stereocenters. The molecule has 2 heterocycles. The molecular weight excluding hydrogens is 322 g/mol. The van der Waals surface area contributed by atoms with E-state index in [0.29, 0.717) is 10.8 Å². The first kappa shape index (κ1) is 16.4. The Bertz CT molecular complexity index is 924. The minimum absolute atomic E-state index is 0.105. The molecule has 0 atom stereocenters. The molecule has 0 aliphatic carbocycles. The Balaban J connectivity index is 1.82. The number of aryl methyl sites for hydroxylation is 2. The van der Waals surface area contributed by atoms with Crippen LogP contribution >= 0.6 is 11.3 Å². The number of fused-ring (bicyclic) bond motifs is 1. The number of thiazole rings is 1. The Morgan fingerprint density at radius 1 is 1.33 bits per heavy atom. The van der Waals surface area contributed by atoms with Crippen molar-refractivity contribution in [2.75, 3.05) is 5.32 Å². The predicted molar refractivity (Wildman–Crippen MR) is 96.9 cm³/mol. The van der Waals surface area contributed by atoms with Crippen LogP contribution in [0, 0.1) is 6.92 Å². The van der Waals surface area contributed by atoms with Gasteiger partial charge in [-0.05, 0) is 24.5 Å². The number of hydrogen-bond acceptors (Lipinski definition) is 4. The van der Waals surface area contributed by atoms with Crippen molar-refractivity contribution in [3.63, 3.8) is 0 Å². The van der Waals surface area contributed by atoms with Crippen LogP contribution in [0.5, 0.6) is 0 Å². The normalized spacial score (nSPS) is 11.0. The number of aromatic amines is 1. The topological polar surface area (TPSA) is 74.8 Å². The van der Waals surface area contributed by atoms with Gasteiger partial charge in [-0.15, -0.1) is 11.3 Å². The molecule has 124 valence electrons. The Kier molecular flexibility index (Phi) is 4.49. The Morgan fingerprint density at radius 3 is 2.79 bits per heavy atom. The van der Waals surface area contributed by atoms with E-state index >= 15 is 0 Å². The molecular formula is C18H19N3O2S. The minimum atomic E-state index is -0.134.